The molecule has 14 heteroatoms. The van der Waals surface area contributed by atoms with Crippen LogP contribution in [0.1, 0.15) is 15.9 Å². The molecule has 0 spiro atoms. The van der Waals surface area contributed by atoms with Crippen LogP contribution in [0.4, 0.5) is 35.9 Å². The highest BCUT2D eigenvalue weighted by atomic mass is 32.1. The summed E-state index contributed by atoms with van der Waals surface area (Å²) < 4.78 is 34.6. The number of amides is 3. The van der Waals surface area contributed by atoms with E-state index in [0.717, 1.165) is 22.6 Å². The van der Waals surface area contributed by atoms with Crippen LogP contribution in [0.5, 0.6) is 5.75 Å². The molecule has 0 radical (unpaired) electrons. The zero-order valence-corrected chi connectivity index (χ0v) is 25.4. The summed E-state index contributed by atoms with van der Waals surface area (Å²) in [5, 5.41) is 10.2. The lowest BCUT2D eigenvalue weighted by molar-refractivity contribution is 0.102. The predicted molar refractivity (Wildman–Crippen MR) is 171 cm³/mol. The van der Waals surface area contributed by atoms with Gasteiger partial charge in [0, 0.05) is 48.9 Å². The Morgan fingerprint density at radius 1 is 1.00 bits per heavy atom. The maximum atomic E-state index is 14.9. The molecule has 0 saturated carbocycles. The molecule has 44 heavy (non-hydrogen) atoms. The second-order valence-electron chi connectivity index (χ2n) is 9.64. The van der Waals surface area contributed by atoms with Gasteiger partial charge >= 0.3 is 6.03 Å². The molecule has 5 aromatic rings. The Morgan fingerprint density at radius 2 is 1.77 bits per heavy atom. The summed E-state index contributed by atoms with van der Waals surface area (Å²) in [5.41, 5.74) is 8.30. The first-order valence-electron chi connectivity index (χ1n) is 13.1. The molecule has 226 valence electrons. The number of urea groups is 1. The molecule has 0 aliphatic heterocycles. The Labute approximate surface area is 259 Å². The standard InChI is InChI=1S/C30H27F2N7O3S2/c1-39(2)18-9-7-16(8-10-18)14-34-29(41)38-30-37-26(33)25(44-30)28-36-24(15-43-28)20-12-23(22(32)13-21(20)31)35-27(40)17-5-4-6-19(11-17)42-3/h4-13,15H,14,33H2,1-3H3,(H,35,40)(H2,34,37,38,41). The minimum absolute atomic E-state index is 0.0192. The maximum absolute atomic E-state index is 14.9. The molecule has 0 aliphatic carbocycles. The van der Waals surface area contributed by atoms with Gasteiger partial charge in [-0.3, -0.25) is 10.1 Å². The van der Waals surface area contributed by atoms with Crippen LogP contribution in [0.3, 0.4) is 0 Å². The fourth-order valence-electron chi connectivity index (χ4n) is 4.08. The van der Waals surface area contributed by atoms with E-state index in [1.54, 1.807) is 23.6 Å². The Bertz CT molecular complexity index is 1820. The molecule has 0 aliphatic rings. The van der Waals surface area contributed by atoms with E-state index in [2.05, 4.69) is 25.9 Å². The summed E-state index contributed by atoms with van der Waals surface area (Å²) in [4.78, 5) is 36.4. The highest BCUT2D eigenvalue weighted by Gasteiger charge is 2.20. The van der Waals surface area contributed by atoms with E-state index in [0.29, 0.717) is 28.2 Å². The Kier molecular flexibility index (Phi) is 9.01. The van der Waals surface area contributed by atoms with E-state index in [-0.39, 0.29) is 33.5 Å². The summed E-state index contributed by atoms with van der Waals surface area (Å²) in [7, 11) is 5.36. The topological polar surface area (TPSA) is 134 Å². The summed E-state index contributed by atoms with van der Waals surface area (Å²) in [6.07, 6.45) is 0. The van der Waals surface area contributed by atoms with Gasteiger partial charge in [0.15, 0.2) is 5.13 Å². The summed E-state index contributed by atoms with van der Waals surface area (Å²) in [6.45, 7) is 0.314. The lowest BCUT2D eigenvalue weighted by atomic mass is 10.1. The molecule has 2 aromatic heterocycles. The number of rotatable bonds is 9. The Hall–Kier alpha value is -5.08. The minimum atomic E-state index is -0.941. The number of hydrogen-bond donors (Lipinski definition) is 4. The number of nitrogens with zero attached hydrogens (tertiary/aromatic N) is 3. The van der Waals surface area contributed by atoms with E-state index in [9.17, 15) is 18.4 Å². The zero-order valence-electron chi connectivity index (χ0n) is 23.8. The molecule has 0 atom stereocenters. The number of ether oxygens (including phenoxy) is 1. The number of thiazole rings is 2. The van der Waals surface area contributed by atoms with Gasteiger partial charge in [-0.05, 0) is 42.0 Å². The first-order chi connectivity index (χ1) is 21.1. The lowest BCUT2D eigenvalue weighted by Gasteiger charge is -2.12. The monoisotopic (exact) mass is 635 g/mol. The first-order valence-corrected chi connectivity index (χ1v) is 14.8. The molecule has 5 rings (SSSR count). The second-order valence-corrected chi connectivity index (χ2v) is 11.5. The third-order valence-electron chi connectivity index (χ3n) is 6.39. The summed E-state index contributed by atoms with van der Waals surface area (Å²) in [6, 6.07) is 15.5. The molecule has 3 amide bonds. The van der Waals surface area contributed by atoms with E-state index in [1.807, 2.05) is 43.3 Å². The molecule has 10 nitrogen and oxygen atoms in total. The smallest absolute Gasteiger partial charge is 0.321 e. The normalized spacial score (nSPS) is 10.8. The van der Waals surface area contributed by atoms with Crippen LogP contribution >= 0.6 is 22.7 Å². The largest absolute Gasteiger partial charge is 0.497 e. The predicted octanol–water partition coefficient (Wildman–Crippen LogP) is 6.44. The number of halogens is 2. The fraction of sp³-hybridized carbons (Fsp3) is 0.133. The maximum Gasteiger partial charge on any atom is 0.321 e. The van der Waals surface area contributed by atoms with Gasteiger partial charge in [0.25, 0.3) is 5.91 Å². The van der Waals surface area contributed by atoms with Gasteiger partial charge in [-0.15, -0.1) is 11.3 Å². The molecule has 3 aromatic carbocycles. The molecular formula is C30H27F2N7O3S2. The van der Waals surface area contributed by atoms with E-state index in [4.69, 9.17) is 10.5 Å². The summed E-state index contributed by atoms with van der Waals surface area (Å²) in [5.74, 6) is -1.80. The van der Waals surface area contributed by atoms with Crippen molar-refractivity contribution in [1.82, 2.24) is 15.3 Å². The van der Waals surface area contributed by atoms with Crippen LogP contribution < -0.4 is 31.3 Å². The van der Waals surface area contributed by atoms with Gasteiger partial charge in [-0.2, -0.15) is 0 Å². The number of nitrogens with two attached hydrogens (primary N) is 1. The fourth-order valence-corrected chi connectivity index (χ4v) is 5.87. The molecule has 0 bridgehead atoms. The van der Waals surface area contributed by atoms with Crippen molar-refractivity contribution < 1.29 is 23.1 Å². The molecule has 0 saturated heterocycles. The van der Waals surface area contributed by atoms with Crippen molar-refractivity contribution in [2.24, 2.45) is 0 Å². The number of nitrogen functional groups attached to an aromatic ring is 1. The summed E-state index contributed by atoms with van der Waals surface area (Å²) >= 11 is 2.28. The van der Waals surface area contributed by atoms with Crippen molar-refractivity contribution in [1.29, 1.82) is 0 Å². The zero-order chi connectivity index (χ0) is 31.4. The molecule has 5 N–H and O–H groups in total. The highest BCUT2D eigenvalue weighted by molar-refractivity contribution is 7.23. The number of benzene rings is 3. The van der Waals surface area contributed by atoms with Crippen LogP contribution in [-0.2, 0) is 6.54 Å². The van der Waals surface area contributed by atoms with Crippen LogP contribution in [0.15, 0.2) is 66.0 Å². The number of anilines is 4. The molecule has 2 heterocycles. The first kappa shape index (κ1) is 30.4. The van der Waals surface area contributed by atoms with Gasteiger partial charge in [0.1, 0.15) is 33.1 Å². The number of methoxy groups -OCH3 is 1. The van der Waals surface area contributed by atoms with Gasteiger partial charge in [-0.1, -0.05) is 29.5 Å². The third-order valence-corrected chi connectivity index (χ3v) is 8.37. The van der Waals surface area contributed by atoms with Crippen molar-refractivity contribution in [2.45, 2.75) is 6.54 Å². The number of nitrogens with one attached hydrogen (secondary N) is 3. The van der Waals surface area contributed by atoms with Crippen molar-refractivity contribution >= 4 is 56.9 Å². The SMILES string of the molecule is COc1cccc(C(=O)Nc2cc(-c3csc(-c4sc(NC(=O)NCc5ccc(N(C)C)cc5)nc4N)n3)c(F)cc2F)c1. The number of hydrogen-bond acceptors (Lipinski definition) is 9. The van der Waals surface area contributed by atoms with E-state index >= 15 is 0 Å². The van der Waals surface area contributed by atoms with Gasteiger partial charge in [0.05, 0.1) is 18.5 Å². The number of carbonyl (C=O) groups is 2. The minimum Gasteiger partial charge on any atom is -0.497 e. The quantitative estimate of drug-likeness (QED) is 0.146. The van der Waals surface area contributed by atoms with Crippen molar-refractivity contribution in [3.63, 3.8) is 0 Å². The Morgan fingerprint density at radius 3 is 2.50 bits per heavy atom. The van der Waals surface area contributed by atoms with Crippen molar-refractivity contribution in [3.8, 4) is 26.9 Å². The van der Waals surface area contributed by atoms with Crippen LogP contribution in [-0.4, -0.2) is 43.1 Å². The van der Waals surface area contributed by atoms with E-state index < -0.39 is 23.6 Å². The van der Waals surface area contributed by atoms with Gasteiger partial charge < -0.3 is 26.0 Å². The molecule has 0 unspecified atom stereocenters. The van der Waals surface area contributed by atoms with Crippen molar-refractivity contribution in [2.75, 3.05) is 42.5 Å². The van der Waals surface area contributed by atoms with Crippen LogP contribution in [0, 0.1) is 11.6 Å². The van der Waals surface area contributed by atoms with Gasteiger partial charge in [0.2, 0.25) is 0 Å². The lowest BCUT2D eigenvalue weighted by Crippen LogP contribution is -2.28. The Balaban J connectivity index is 1.28. The van der Waals surface area contributed by atoms with Crippen LogP contribution in [0.2, 0.25) is 0 Å². The third kappa shape index (κ3) is 6.93. The highest BCUT2D eigenvalue weighted by Crippen LogP contribution is 2.39. The van der Waals surface area contributed by atoms with Gasteiger partial charge in [-0.25, -0.2) is 23.5 Å². The number of aromatic nitrogens is 2. The average molecular weight is 636 g/mol. The molecule has 0 fully saturated rings. The molecular weight excluding hydrogens is 609 g/mol. The van der Waals surface area contributed by atoms with Crippen LogP contribution in [0.25, 0.3) is 21.1 Å². The second kappa shape index (κ2) is 13.1. The van der Waals surface area contributed by atoms with Crippen molar-refractivity contribution in [3.05, 3.63) is 88.8 Å². The number of carbonyl (C=O) groups excluding carboxylic acids is 2. The average Bonchev–Trinajstić information content (AvgIpc) is 3.63. The van der Waals surface area contributed by atoms with E-state index in [1.165, 1.54) is 30.6 Å².